The number of rotatable bonds is 8. The van der Waals surface area contributed by atoms with Gasteiger partial charge in [0.1, 0.15) is 33.2 Å². The molecule has 43 heavy (non-hydrogen) atoms. The van der Waals surface area contributed by atoms with Crippen LogP contribution in [0.25, 0.3) is 5.57 Å². The van der Waals surface area contributed by atoms with Crippen LogP contribution in [0.1, 0.15) is 88.0 Å². The van der Waals surface area contributed by atoms with Crippen molar-refractivity contribution in [3.8, 4) is 0 Å². The van der Waals surface area contributed by atoms with E-state index in [1.54, 1.807) is 18.2 Å². The molecule has 1 heterocycles. The number of benzene rings is 3. The fourth-order valence-electron chi connectivity index (χ4n) is 5.14. The van der Waals surface area contributed by atoms with E-state index in [1.807, 2.05) is 53.7 Å². The largest absolute Gasteiger partial charge is 0.460 e. The monoisotopic (exact) mass is 629 g/mol. The van der Waals surface area contributed by atoms with E-state index < -0.39 is 42.6 Å². The molecule has 0 fully saturated rings. The van der Waals surface area contributed by atoms with Crippen LogP contribution in [0.5, 0.6) is 0 Å². The zero-order valence-electron chi connectivity index (χ0n) is 25.1. The van der Waals surface area contributed by atoms with Crippen molar-refractivity contribution in [3.05, 3.63) is 101 Å². The van der Waals surface area contributed by atoms with Gasteiger partial charge in [-0.3, -0.25) is 4.79 Å². The van der Waals surface area contributed by atoms with Crippen molar-refractivity contribution in [2.24, 2.45) is 3.77 Å². The molecule has 0 aliphatic carbocycles. The highest BCUT2D eigenvalue weighted by molar-refractivity contribution is 8.04. The van der Waals surface area contributed by atoms with Crippen molar-refractivity contribution < 1.29 is 30.9 Å². The molecule has 0 saturated carbocycles. The zero-order chi connectivity index (χ0) is 31.7. The van der Waals surface area contributed by atoms with Crippen LogP contribution in [-0.2, 0) is 29.3 Å². The number of cyclic esters (lactones) is 1. The number of allylic oxidation sites excluding steroid dienone is 1. The average Bonchev–Trinajstić information content (AvgIpc) is 3.14. The molecule has 230 valence electrons. The topological polar surface area (TPSA) is 89.9 Å². The maximum Gasteiger partial charge on any atom is 0.323 e. The van der Waals surface area contributed by atoms with E-state index in [1.165, 1.54) is 24.3 Å². The van der Waals surface area contributed by atoms with Gasteiger partial charge in [0.2, 0.25) is 0 Å². The molecule has 3 aromatic carbocycles. The van der Waals surface area contributed by atoms with Gasteiger partial charge < -0.3 is 4.74 Å². The van der Waals surface area contributed by atoms with E-state index in [2.05, 4.69) is 3.77 Å². The molecule has 0 spiro atoms. The fourth-order valence-corrected chi connectivity index (χ4v) is 10.2. The van der Waals surface area contributed by atoms with Crippen molar-refractivity contribution >= 4 is 31.3 Å². The quantitative estimate of drug-likeness (QED) is 0.236. The Kier molecular flexibility index (Phi) is 9.61. The second-order valence-electron chi connectivity index (χ2n) is 11.6. The number of esters is 1. The van der Waals surface area contributed by atoms with Crippen LogP contribution in [0.3, 0.4) is 0 Å². The highest BCUT2D eigenvalue weighted by Crippen LogP contribution is 2.39. The summed E-state index contributed by atoms with van der Waals surface area (Å²) < 4.78 is 81.9. The Balaban J connectivity index is 2.01. The molecular formula is C33H37F2NO5S2. The van der Waals surface area contributed by atoms with Gasteiger partial charge in [-0.2, -0.15) is 8.42 Å². The molecule has 6 nitrogen and oxygen atoms in total. The number of nitrogens with zero attached hydrogens (tertiary/aromatic N) is 1. The molecule has 0 radical (unpaired) electrons. The molecule has 0 amide bonds. The Morgan fingerprint density at radius 3 is 1.98 bits per heavy atom. The smallest absolute Gasteiger partial charge is 0.323 e. The summed E-state index contributed by atoms with van der Waals surface area (Å²) in [6, 6.07) is 14.4. The van der Waals surface area contributed by atoms with Gasteiger partial charge >= 0.3 is 5.97 Å². The van der Waals surface area contributed by atoms with Crippen LogP contribution in [0, 0.1) is 11.6 Å². The van der Waals surface area contributed by atoms with E-state index >= 15 is 4.21 Å². The Labute approximate surface area is 253 Å². The Morgan fingerprint density at radius 2 is 1.44 bits per heavy atom. The van der Waals surface area contributed by atoms with Crippen LogP contribution >= 0.6 is 0 Å². The third-order valence-corrected chi connectivity index (χ3v) is 12.2. The van der Waals surface area contributed by atoms with Crippen molar-refractivity contribution in [1.29, 1.82) is 0 Å². The molecule has 1 aliphatic heterocycles. The molecule has 3 aromatic rings. The second-order valence-corrected chi connectivity index (χ2v) is 15.7. The first kappa shape index (κ1) is 32.5. The minimum Gasteiger partial charge on any atom is -0.460 e. The lowest BCUT2D eigenvalue weighted by Gasteiger charge is -2.23. The minimum absolute atomic E-state index is 0.00386. The maximum atomic E-state index is 15.1. The standard InChI is InChI=1S/C33H37F2NO5S2/c1-20(2)24-16-28(21(3)4)32(29(17-24)22(5)6)43(39,40)36-42(38,26-10-8-7-9-11-26)31-18-23(14-15-41-33(31)37)27-13-12-25(34)19-30(27)35/h7-14,16-17,19-22,31H,15,18H2,1-6H3. The van der Waals surface area contributed by atoms with Gasteiger partial charge in [0.25, 0.3) is 10.0 Å². The number of carbonyl (C=O) groups is 1. The predicted molar refractivity (Wildman–Crippen MR) is 165 cm³/mol. The van der Waals surface area contributed by atoms with E-state index in [0.717, 1.165) is 11.6 Å². The first-order chi connectivity index (χ1) is 20.2. The number of halogens is 2. The summed E-state index contributed by atoms with van der Waals surface area (Å²) in [6.45, 7) is 11.3. The van der Waals surface area contributed by atoms with Gasteiger partial charge in [-0.15, -0.1) is 3.77 Å². The van der Waals surface area contributed by atoms with Gasteiger partial charge in [0.05, 0.1) is 4.90 Å². The van der Waals surface area contributed by atoms with Crippen LogP contribution in [0.4, 0.5) is 8.78 Å². The summed E-state index contributed by atoms with van der Waals surface area (Å²) in [7, 11) is -8.74. The van der Waals surface area contributed by atoms with Crippen LogP contribution in [-0.4, -0.2) is 30.5 Å². The van der Waals surface area contributed by atoms with E-state index in [4.69, 9.17) is 4.74 Å². The normalized spacial score (nSPS) is 17.4. The summed E-state index contributed by atoms with van der Waals surface area (Å²) in [5, 5.41) is -1.59. The van der Waals surface area contributed by atoms with Crippen LogP contribution < -0.4 is 0 Å². The Hall–Kier alpha value is -3.37. The number of hydrogen-bond donors (Lipinski definition) is 0. The third-order valence-electron chi connectivity index (χ3n) is 7.51. The summed E-state index contributed by atoms with van der Waals surface area (Å²) in [5.74, 6) is -2.85. The van der Waals surface area contributed by atoms with Gasteiger partial charge in [0.15, 0.2) is 0 Å². The molecule has 10 heteroatoms. The number of sulfonamides is 1. The Morgan fingerprint density at radius 1 is 0.837 bits per heavy atom. The average molecular weight is 630 g/mol. The molecule has 4 rings (SSSR count). The minimum atomic E-state index is -4.64. The van der Waals surface area contributed by atoms with E-state index in [0.29, 0.717) is 17.2 Å². The lowest BCUT2D eigenvalue weighted by atomic mass is 9.89. The van der Waals surface area contributed by atoms with E-state index in [-0.39, 0.29) is 51.7 Å². The number of ether oxygens (including phenoxy) is 1. The Bertz CT molecular complexity index is 1760. The number of hydrogen-bond acceptors (Lipinski definition) is 5. The highest BCUT2D eigenvalue weighted by atomic mass is 32.3. The summed E-state index contributed by atoms with van der Waals surface area (Å²) >= 11 is 0. The summed E-state index contributed by atoms with van der Waals surface area (Å²) in [4.78, 5) is 13.4. The molecule has 2 atom stereocenters. The van der Waals surface area contributed by atoms with Crippen LogP contribution in [0.15, 0.2) is 80.3 Å². The molecular weight excluding hydrogens is 592 g/mol. The lowest BCUT2D eigenvalue weighted by molar-refractivity contribution is -0.141. The van der Waals surface area contributed by atoms with Gasteiger partial charge in [-0.1, -0.05) is 71.9 Å². The molecule has 1 aliphatic rings. The van der Waals surface area contributed by atoms with Gasteiger partial charge in [0, 0.05) is 16.5 Å². The van der Waals surface area contributed by atoms with Crippen molar-refractivity contribution in [2.75, 3.05) is 6.61 Å². The third kappa shape index (κ3) is 6.75. The summed E-state index contributed by atoms with van der Waals surface area (Å²) in [5.41, 5.74) is 2.29. The molecule has 0 saturated heterocycles. The summed E-state index contributed by atoms with van der Waals surface area (Å²) in [6.07, 6.45) is 1.11. The van der Waals surface area contributed by atoms with Crippen LogP contribution in [0.2, 0.25) is 0 Å². The maximum absolute atomic E-state index is 15.1. The highest BCUT2D eigenvalue weighted by Gasteiger charge is 2.39. The van der Waals surface area contributed by atoms with E-state index in [9.17, 15) is 22.0 Å². The lowest BCUT2D eigenvalue weighted by Crippen LogP contribution is -2.32. The molecule has 0 bridgehead atoms. The first-order valence-corrected chi connectivity index (χ1v) is 17.2. The van der Waals surface area contributed by atoms with Gasteiger partial charge in [-0.05, 0) is 76.8 Å². The molecule has 2 unspecified atom stereocenters. The molecule has 0 N–H and O–H groups in total. The SMILES string of the molecule is CC(C)c1cc(C(C)C)c(S(=O)(=O)N=S(=O)(c2ccccc2)C2CC(c3ccc(F)cc3F)=CCOC2=O)c(C(C)C)c1. The zero-order valence-corrected chi connectivity index (χ0v) is 26.8. The van der Waals surface area contributed by atoms with Crippen molar-refractivity contribution in [1.82, 2.24) is 0 Å². The first-order valence-electron chi connectivity index (χ1n) is 14.2. The fraction of sp³-hybridized carbons (Fsp3) is 0.364. The molecule has 0 aromatic heterocycles. The number of carbonyl (C=O) groups excluding carboxylic acids is 1. The predicted octanol–water partition coefficient (Wildman–Crippen LogP) is 7.95. The van der Waals surface area contributed by atoms with Crippen molar-refractivity contribution in [3.63, 3.8) is 0 Å². The van der Waals surface area contributed by atoms with Gasteiger partial charge in [-0.25, -0.2) is 13.0 Å². The van der Waals surface area contributed by atoms with Crippen molar-refractivity contribution in [2.45, 2.75) is 80.8 Å². The second kappa shape index (κ2) is 12.7.